The summed E-state index contributed by atoms with van der Waals surface area (Å²) in [4.78, 5) is 39.1. The zero-order chi connectivity index (χ0) is 21.3. The number of piperidine rings is 1. The molecule has 0 aliphatic carbocycles. The fourth-order valence-electron chi connectivity index (χ4n) is 3.68. The Hall–Kier alpha value is -3.06. The van der Waals surface area contributed by atoms with Crippen molar-refractivity contribution in [2.75, 3.05) is 23.7 Å². The zero-order valence-corrected chi connectivity index (χ0v) is 17.2. The normalized spacial score (nSPS) is 20.6. The van der Waals surface area contributed by atoms with Gasteiger partial charge in [0.05, 0.1) is 11.6 Å². The third kappa shape index (κ3) is 4.26. The van der Waals surface area contributed by atoms with Gasteiger partial charge in [-0.1, -0.05) is 11.6 Å². The molecule has 2 aliphatic heterocycles. The second-order valence-corrected chi connectivity index (χ2v) is 7.98. The van der Waals surface area contributed by atoms with Crippen molar-refractivity contribution in [2.24, 2.45) is 5.92 Å². The number of ether oxygens (including phenoxy) is 1. The van der Waals surface area contributed by atoms with E-state index in [1.54, 1.807) is 54.3 Å². The van der Waals surface area contributed by atoms with E-state index in [0.717, 1.165) is 6.42 Å². The number of nitrogens with zero attached hydrogens (tertiary/aromatic N) is 1. The summed E-state index contributed by atoms with van der Waals surface area (Å²) in [5, 5.41) is 6.24. The Morgan fingerprint density at radius 1 is 1.20 bits per heavy atom. The van der Waals surface area contributed by atoms with Crippen LogP contribution in [0.15, 0.2) is 42.5 Å². The minimum absolute atomic E-state index is 0.105. The smallest absolute Gasteiger partial charge is 0.265 e. The van der Waals surface area contributed by atoms with E-state index in [9.17, 15) is 14.4 Å². The number of carbonyl (C=O) groups is 3. The number of carbonyl (C=O) groups excluding carboxylic acids is 3. The van der Waals surface area contributed by atoms with Gasteiger partial charge in [-0.05, 0) is 62.2 Å². The highest BCUT2D eigenvalue weighted by Gasteiger charge is 2.29. The minimum atomic E-state index is -0.552. The second-order valence-electron chi connectivity index (χ2n) is 7.55. The summed E-state index contributed by atoms with van der Waals surface area (Å²) in [5.74, 6) is -0.226. The molecular weight excluding hydrogens is 406 g/mol. The molecule has 0 aromatic heterocycles. The van der Waals surface area contributed by atoms with Crippen LogP contribution in [-0.4, -0.2) is 41.8 Å². The van der Waals surface area contributed by atoms with Crippen LogP contribution in [0, 0.1) is 5.92 Å². The quantitative estimate of drug-likeness (QED) is 0.784. The molecule has 2 aromatic carbocycles. The molecule has 30 heavy (non-hydrogen) atoms. The molecule has 8 heteroatoms. The Labute approximate surface area is 179 Å². The number of anilines is 2. The van der Waals surface area contributed by atoms with E-state index in [0.29, 0.717) is 47.2 Å². The van der Waals surface area contributed by atoms with Crippen molar-refractivity contribution in [1.29, 1.82) is 0 Å². The number of halogens is 1. The van der Waals surface area contributed by atoms with Crippen LogP contribution >= 0.6 is 11.6 Å². The number of fused-ring (bicyclic) bond motifs is 1. The molecule has 0 saturated carbocycles. The summed E-state index contributed by atoms with van der Waals surface area (Å²) in [6.45, 7) is 2.65. The number of likely N-dealkylation sites (tertiary alicyclic amines) is 1. The van der Waals surface area contributed by atoms with E-state index in [1.807, 2.05) is 0 Å². The molecule has 1 fully saturated rings. The second kappa shape index (κ2) is 8.36. The lowest BCUT2D eigenvalue weighted by Gasteiger charge is -2.32. The molecule has 2 atom stereocenters. The number of hydrogen-bond donors (Lipinski definition) is 2. The Morgan fingerprint density at radius 3 is 2.73 bits per heavy atom. The van der Waals surface area contributed by atoms with Gasteiger partial charge in [0, 0.05) is 29.4 Å². The number of nitrogens with one attached hydrogen (secondary N) is 2. The highest BCUT2D eigenvalue weighted by Crippen LogP contribution is 2.32. The van der Waals surface area contributed by atoms with E-state index < -0.39 is 6.10 Å². The van der Waals surface area contributed by atoms with Crippen molar-refractivity contribution in [3.05, 3.63) is 53.1 Å². The van der Waals surface area contributed by atoms with Crippen LogP contribution in [-0.2, 0) is 9.59 Å². The molecule has 2 aliphatic rings. The minimum Gasteiger partial charge on any atom is -0.479 e. The fraction of sp³-hybridized carbons (Fsp3) is 0.318. The lowest BCUT2D eigenvalue weighted by molar-refractivity contribution is -0.123. The van der Waals surface area contributed by atoms with Gasteiger partial charge >= 0.3 is 0 Å². The molecule has 7 nitrogen and oxygen atoms in total. The van der Waals surface area contributed by atoms with E-state index >= 15 is 0 Å². The molecule has 2 N–H and O–H groups in total. The van der Waals surface area contributed by atoms with Gasteiger partial charge in [0.15, 0.2) is 6.10 Å². The molecule has 3 amide bonds. The molecule has 1 saturated heterocycles. The van der Waals surface area contributed by atoms with Gasteiger partial charge in [0.25, 0.3) is 11.8 Å². The first kappa shape index (κ1) is 20.2. The van der Waals surface area contributed by atoms with Crippen LogP contribution in [0.1, 0.15) is 30.1 Å². The molecule has 0 bridgehead atoms. The molecular formula is C22H22ClN3O4. The van der Waals surface area contributed by atoms with Crippen LogP contribution in [0.3, 0.4) is 0 Å². The van der Waals surface area contributed by atoms with Crippen LogP contribution in [0.25, 0.3) is 0 Å². The molecule has 0 radical (unpaired) electrons. The summed E-state index contributed by atoms with van der Waals surface area (Å²) >= 11 is 5.89. The zero-order valence-electron chi connectivity index (χ0n) is 16.5. The predicted octanol–water partition coefficient (Wildman–Crippen LogP) is 3.55. The number of rotatable bonds is 3. The van der Waals surface area contributed by atoms with Crippen molar-refractivity contribution in [2.45, 2.75) is 25.9 Å². The van der Waals surface area contributed by atoms with Gasteiger partial charge in [-0.15, -0.1) is 0 Å². The largest absolute Gasteiger partial charge is 0.479 e. The third-order valence-corrected chi connectivity index (χ3v) is 5.60. The van der Waals surface area contributed by atoms with Gasteiger partial charge in [0.2, 0.25) is 5.91 Å². The average Bonchev–Trinajstić information content (AvgIpc) is 2.75. The summed E-state index contributed by atoms with van der Waals surface area (Å²) in [6, 6.07) is 11.9. The van der Waals surface area contributed by atoms with E-state index in [1.165, 1.54) is 0 Å². The Bertz CT molecular complexity index is 992. The first-order valence-electron chi connectivity index (χ1n) is 9.88. The number of amides is 3. The summed E-state index contributed by atoms with van der Waals surface area (Å²) < 4.78 is 5.53. The third-order valence-electron chi connectivity index (χ3n) is 5.35. The summed E-state index contributed by atoms with van der Waals surface area (Å²) in [5.41, 5.74) is 1.65. The SMILES string of the molecule is C[C@@H]1Oc2ccc(NC(=O)[C@H]3CCCN(C(=O)c4ccc(Cl)cc4)C3)cc2NC1=O. The van der Waals surface area contributed by atoms with Gasteiger partial charge in [0.1, 0.15) is 5.75 Å². The number of benzene rings is 2. The topological polar surface area (TPSA) is 87.7 Å². The van der Waals surface area contributed by atoms with Crippen LogP contribution in [0.4, 0.5) is 11.4 Å². The van der Waals surface area contributed by atoms with E-state index in [-0.39, 0.29) is 23.6 Å². The molecule has 0 spiro atoms. The molecule has 156 valence electrons. The van der Waals surface area contributed by atoms with Gasteiger partial charge in [-0.3, -0.25) is 14.4 Å². The van der Waals surface area contributed by atoms with Crippen LogP contribution in [0.2, 0.25) is 5.02 Å². The van der Waals surface area contributed by atoms with Gasteiger partial charge in [-0.2, -0.15) is 0 Å². The maximum absolute atomic E-state index is 12.8. The average molecular weight is 428 g/mol. The first-order chi connectivity index (χ1) is 14.4. The summed E-state index contributed by atoms with van der Waals surface area (Å²) in [7, 11) is 0. The Kier molecular flexibility index (Phi) is 5.63. The van der Waals surface area contributed by atoms with Crippen molar-refractivity contribution in [1.82, 2.24) is 4.90 Å². The first-order valence-corrected chi connectivity index (χ1v) is 10.3. The van der Waals surface area contributed by atoms with Gasteiger partial charge in [-0.25, -0.2) is 0 Å². The fourth-order valence-corrected chi connectivity index (χ4v) is 3.81. The van der Waals surface area contributed by atoms with Crippen molar-refractivity contribution in [3.63, 3.8) is 0 Å². The van der Waals surface area contributed by atoms with Gasteiger partial charge < -0.3 is 20.3 Å². The van der Waals surface area contributed by atoms with Crippen LogP contribution < -0.4 is 15.4 Å². The molecule has 4 rings (SSSR count). The Morgan fingerprint density at radius 2 is 1.97 bits per heavy atom. The molecule has 2 aromatic rings. The maximum atomic E-state index is 12.8. The molecule has 2 heterocycles. The lowest BCUT2D eigenvalue weighted by atomic mass is 9.96. The highest BCUT2D eigenvalue weighted by atomic mass is 35.5. The maximum Gasteiger partial charge on any atom is 0.265 e. The van der Waals surface area contributed by atoms with E-state index in [2.05, 4.69) is 10.6 Å². The molecule has 0 unspecified atom stereocenters. The van der Waals surface area contributed by atoms with Crippen LogP contribution in [0.5, 0.6) is 5.75 Å². The van der Waals surface area contributed by atoms with E-state index in [4.69, 9.17) is 16.3 Å². The highest BCUT2D eigenvalue weighted by molar-refractivity contribution is 6.30. The Balaban J connectivity index is 1.41. The summed E-state index contributed by atoms with van der Waals surface area (Å²) in [6.07, 6.45) is 0.909. The van der Waals surface area contributed by atoms with Crippen molar-refractivity contribution in [3.8, 4) is 5.75 Å². The number of hydrogen-bond acceptors (Lipinski definition) is 4. The standard InChI is InChI=1S/C22H22ClN3O4/c1-13-20(27)25-18-11-17(8-9-19(18)30-13)24-21(28)15-3-2-10-26(12-15)22(29)14-4-6-16(23)7-5-14/h4-9,11,13,15H,2-3,10,12H2,1H3,(H,24,28)(H,25,27)/t13-,15-/m0/s1. The van der Waals surface area contributed by atoms with Crippen molar-refractivity contribution >= 4 is 40.7 Å². The lowest BCUT2D eigenvalue weighted by Crippen LogP contribution is -2.43. The predicted molar refractivity (Wildman–Crippen MR) is 114 cm³/mol. The van der Waals surface area contributed by atoms with Crippen molar-refractivity contribution < 1.29 is 19.1 Å². The monoisotopic (exact) mass is 427 g/mol.